The van der Waals surface area contributed by atoms with Gasteiger partial charge in [-0.05, 0) is 36.2 Å². The Bertz CT molecular complexity index is 948. The molecule has 0 fully saturated rings. The zero-order chi connectivity index (χ0) is 17.3. The molecule has 8 nitrogen and oxygen atoms in total. The molecular weight excluding hydrogens is 330 g/mol. The Morgan fingerprint density at radius 1 is 1.29 bits per heavy atom. The monoisotopic (exact) mass is 343 g/mol. The standard InChI is InChI=1S/C15H13N5O3S/c16-7-10-1-3-12(4-2-10)24(22,23)20-6-5-11-8-18-15(14(17)21)19-13(11)9-20/h1-4,8H,5-6,9H2,(H2,17,21). The number of carbonyl (C=O) groups excluding carboxylic acids is 1. The first-order chi connectivity index (χ1) is 11.4. The van der Waals surface area contributed by atoms with E-state index in [2.05, 4.69) is 9.97 Å². The van der Waals surface area contributed by atoms with E-state index in [1.54, 1.807) is 0 Å². The normalized spacial score (nSPS) is 14.6. The molecule has 122 valence electrons. The summed E-state index contributed by atoms with van der Waals surface area (Å²) in [6, 6.07) is 7.66. The number of aromatic nitrogens is 2. The molecule has 1 aliphatic heterocycles. The number of benzene rings is 1. The van der Waals surface area contributed by atoms with E-state index in [9.17, 15) is 13.2 Å². The van der Waals surface area contributed by atoms with Crippen LogP contribution in [0.15, 0.2) is 35.4 Å². The van der Waals surface area contributed by atoms with Gasteiger partial charge in [0.1, 0.15) is 0 Å². The number of nitriles is 1. The molecule has 0 bridgehead atoms. The van der Waals surface area contributed by atoms with Crippen LogP contribution in [-0.4, -0.2) is 35.1 Å². The molecule has 1 aromatic heterocycles. The predicted molar refractivity (Wildman–Crippen MR) is 83.0 cm³/mol. The second-order valence-corrected chi connectivity index (χ2v) is 7.19. The zero-order valence-corrected chi connectivity index (χ0v) is 13.3. The number of hydrogen-bond acceptors (Lipinski definition) is 6. The molecule has 0 aliphatic carbocycles. The molecule has 2 heterocycles. The van der Waals surface area contributed by atoms with Gasteiger partial charge in [-0.1, -0.05) is 0 Å². The van der Waals surface area contributed by atoms with Gasteiger partial charge in [0.15, 0.2) is 0 Å². The Labute approximate surface area is 138 Å². The van der Waals surface area contributed by atoms with Gasteiger partial charge in [0.2, 0.25) is 15.8 Å². The van der Waals surface area contributed by atoms with Gasteiger partial charge >= 0.3 is 0 Å². The van der Waals surface area contributed by atoms with Crippen LogP contribution in [0.5, 0.6) is 0 Å². The second-order valence-electron chi connectivity index (χ2n) is 5.25. The smallest absolute Gasteiger partial charge is 0.286 e. The van der Waals surface area contributed by atoms with E-state index in [4.69, 9.17) is 11.0 Å². The van der Waals surface area contributed by atoms with Crippen LogP contribution in [0.25, 0.3) is 0 Å². The van der Waals surface area contributed by atoms with Crippen molar-refractivity contribution < 1.29 is 13.2 Å². The van der Waals surface area contributed by atoms with Gasteiger partial charge in [-0.15, -0.1) is 0 Å². The molecule has 0 radical (unpaired) electrons. The van der Waals surface area contributed by atoms with Gasteiger partial charge in [-0.25, -0.2) is 18.4 Å². The van der Waals surface area contributed by atoms with Crippen molar-refractivity contribution in [1.29, 1.82) is 5.26 Å². The molecule has 3 rings (SSSR count). The van der Waals surface area contributed by atoms with Gasteiger partial charge in [0.25, 0.3) is 5.91 Å². The van der Waals surface area contributed by atoms with Crippen LogP contribution < -0.4 is 5.73 Å². The summed E-state index contributed by atoms with van der Waals surface area (Å²) in [5.41, 5.74) is 6.82. The first-order valence-corrected chi connectivity index (χ1v) is 8.51. The highest BCUT2D eigenvalue weighted by molar-refractivity contribution is 7.89. The molecule has 0 unspecified atom stereocenters. The number of carbonyl (C=O) groups is 1. The van der Waals surface area contributed by atoms with E-state index in [0.29, 0.717) is 17.7 Å². The number of nitrogens with zero attached hydrogens (tertiary/aromatic N) is 4. The van der Waals surface area contributed by atoms with Gasteiger partial charge in [-0.2, -0.15) is 9.57 Å². The Morgan fingerprint density at radius 2 is 2.00 bits per heavy atom. The summed E-state index contributed by atoms with van der Waals surface area (Å²) in [4.78, 5) is 19.2. The highest BCUT2D eigenvalue weighted by atomic mass is 32.2. The van der Waals surface area contributed by atoms with Crippen molar-refractivity contribution in [2.24, 2.45) is 5.73 Å². The van der Waals surface area contributed by atoms with Crippen LogP contribution >= 0.6 is 0 Å². The highest BCUT2D eigenvalue weighted by Crippen LogP contribution is 2.23. The summed E-state index contributed by atoms with van der Waals surface area (Å²) in [7, 11) is -3.72. The van der Waals surface area contributed by atoms with Crippen LogP contribution in [0, 0.1) is 11.3 Å². The van der Waals surface area contributed by atoms with E-state index in [1.807, 2.05) is 6.07 Å². The molecule has 0 saturated carbocycles. The van der Waals surface area contributed by atoms with Crippen LogP contribution in [-0.2, 0) is 23.0 Å². The van der Waals surface area contributed by atoms with Gasteiger partial charge in [-0.3, -0.25) is 4.79 Å². The lowest BCUT2D eigenvalue weighted by molar-refractivity contribution is 0.0990. The molecule has 1 aliphatic rings. The number of primary amides is 1. The SMILES string of the molecule is N#Cc1ccc(S(=O)(=O)N2CCc3cnc(C(N)=O)nc3C2)cc1. The van der Waals surface area contributed by atoms with Crippen molar-refractivity contribution in [3.05, 3.63) is 53.1 Å². The van der Waals surface area contributed by atoms with Gasteiger partial charge in [0.05, 0.1) is 28.8 Å². The minimum Gasteiger partial charge on any atom is -0.363 e. The lowest BCUT2D eigenvalue weighted by Gasteiger charge is -2.27. The average Bonchev–Trinajstić information content (AvgIpc) is 2.60. The van der Waals surface area contributed by atoms with E-state index in [0.717, 1.165) is 5.56 Å². The summed E-state index contributed by atoms with van der Waals surface area (Å²) in [6.07, 6.45) is 1.96. The highest BCUT2D eigenvalue weighted by Gasteiger charge is 2.29. The van der Waals surface area contributed by atoms with E-state index < -0.39 is 15.9 Å². The Kier molecular flexibility index (Phi) is 4.01. The summed E-state index contributed by atoms with van der Waals surface area (Å²) in [6.45, 7) is 0.328. The maximum atomic E-state index is 12.7. The Morgan fingerprint density at radius 3 is 2.62 bits per heavy atom. The fraction of sp³-hybridized carbons (Fsp3) is 0.200. The van der Waals surface area contributed by atoms with E-state index in [1.165, 1.54) is 34.8 Å². The van der Waals surface area contributed by atoms with Gasteiger partial charge in [0, 0.05) is 12.7 Å². The molecule has 24 heavy (non-hydrogen) atoms. The number of fused-ring (bicyclic) bond motifs is 1. The molecule has 0 spiro atoms. The Balaban J connectivity index is 1.92. The van der Waals surface area contributed by atoms with Crippen molar-refractivity contribution in [3.8, 4) is 6.07 Å². The summed E-state index contributed by atoms with van der Waals surface area (Å²) in [5.74, 6) is -0.892. The van der Waals surface area contributed by atoms with Crippen LogP contribution in [0.1, 0.15) is 27.4 Å². The van der Waals surface area contributed by atoms with Gasteiger partial charge < -0.3 is 5.73 Å². The molecule has 1 aromatic carbocycles. The minimum absolute atomic E-state index is 0.0421. The summed E-state index contributed by atoms with van der Waals surface area (Å²) < 4.78 is 26.7. The van der Waals surface area contributed by atoms with Crippen LogP contribution in [0.2, 0.25) is 0 Å². The second kappa shape index (κ2) is 5.99. The molecule has 2 N–H and O–H groups in total. The van der Waals surface area contributed by atoms with Crippen molar-refractivity contribution in [2.75, 3.05) is 6.54 Å². The quantitative estimate of drug-likeness (QED) is 0.847. The third-order valence-electron chi connectivity index (χ3n) is 3.75. The molecule has 0 atom stereocenters. The number of nitrogens with two attached hydrogens (primary N) is 1. The largest absolute Gasteiger partial charge is 0.363 e. The van der Waals surface area contributed by atoms with Crippen molar-refractivity contribution in [1.82, 2.24) is 14.3 Å². The first-order valence-electron chi connectivity index (χ1n) is 7.07. The number of sulfonamides is 1. The average molecular weight is 343 g/mol. The van der Waals surface area contributed by atoms with Crippen molar-refractivity contribution in [3.63, 3.8) is 0 Å². The lowest BCUT2D eigenvalue weighted by Crippen LogP contribution is -2.37. The lowest BCUT2D eigenvalue weighted by atomic mass is 10.1. The molecule has 1 amide bonds. The first kappa shape index (κ1) is 16.0. The maximum absolute atomic E-state index is 12.7. The molecule has 9 heteroatoms. The predicted octanol–water partition coefficient (Wildman–Crippen LogP) is 0.194. The van der Waals surface area contributed by atoms with Crippen LogP contribution in [0.4, 0.5) is 0 Å². The van der Waals surface area contributed by atoms with Crippen molar-refractivity contribution >= 4 is 15.9 Å². The fourth-order valence-electron chi connectivity index (χ4n) is 2.45. The Hall–Kier alpha value is -2.83. The zero-order valence-electron chi connectivity index (χ0n) is 12.5. The third kappa shape index (κ3) is 2.84. The maximum Gasteiger partial charge on any atom is 0.286 e. The van der Waals surface area contributed by atoms with E-state index in [-0.39, 0.29) is 23.8 Å². The summed E-state index contributed by atoms with van der Waals surface area (Å²) >= 11 is 0. The number of amides is 1. The number of hydrogen-bond donors (Lipinski definition) is 1. The molecule has 0 saturated heterocycles. The van der Waals surface area contributed by atoms with E-state index >= 15 is 0 Å². The molecular formula is C15H13N5O3S. The summed E-state index contributed by atoms with van der Waals surface area (Å²) in [5, 5.41) is 8.80. The number of rotatable bonds is 3. The van der Waals surface area contributed by atoms with Crippen LogP contribution in [0.3, 0.4) is 0 Å². The molecule has 2 aromatic rings. The third-order valence-corrected chi connectivity index (χ3v) is 5.61. The topological polar surface area (TPSA) is 130 Å². The fourth-order valence-corrected chi connectivity index (χ4v) is 3.86. The van der Waals surface area contributed by atoms with Crippen molar-refractivity contribution in [2.45, 2.75) is 17.9 Å². The minimum atomic E-state index is -3.72.